The van der Waals surface area contributed by atoms with Gasteiger partial charge in [-0.1, -0.05) is 0 Å². The average Bonchev–Trinajstić information content (AvgIpc) is 2.82. The Labute approximate surface area is 145 Å². The van der Waals surface area contributed by atoms with Gasteiger partial charge in [-0.2, -0.15) is 0 Å². The van der Waals surface area contributed by atoms with Gasteiger partial charge in [0.1, 0.15) is 5.60 Å². The molecule has 2 aromatic heterocycles. The minimum atomic E-state index is -0.617. The number of nitrogens with zero attached hydrogens (tertiary/aromatic N) is 3. The lowest BCUT2D eigenvalue weighted by Crippen LogP contribution is -2.25. The predicted molar refractivity (Wildman–Crippen MR) is 90.5 cm³/mol. The van der Waals surface area contributed by atoms with E-state index in [0.29, 0.717) is 25.2 Å². The van der Waals surface area contributed by atoms with Gasteiger partial charge in [-0.05, 0) is 46.2 Å². The lowest BCUT2D eigenvalue weighted by atomic mass is 10.2. The molecule has 0 aromatic carbocycles. The van der Waals surface area contributed by atoms with E-state index in [0.717, 1.165) is 0 Å². The average molecular weight is 349 g/mol. The van der Waals surface area contributed by atoms with Crippen LogP contribution in [0.3, 0.4) is 0 Å². The van der Waals surface area contributed by atoms with Gasteiger partial charge in [0, 0.05) is 19.2 Å². The van der Waals surface area contributed by atoms with Crippen LogP contribution in [0.2, 0.25) is 0 Å². The third-order valence-corrected chi connectivity index (χ3v) is 3.27. The van der Waals surface area contributed by atoms with Crippen LogP contribution < -0.4 is 5.69 Å². The molecule has 0 aliphatic rings. The van der Waals surface area contributed by atoms with Crippen molar-refractivity contribution in [1.29, 1.82) is 0 Å². The first-order valence-electron chi connectivity index (χ1n) is 8.19. The van der Waals surface area contributed by atoms with Gasteiger partial charge in [0.15, 0.2) is 5.65 Å². The van der Waals surface area contributed by atoms with Crippen LogP contribution in [0.4, 0.5) is 0 Å². The molecule has 0 saturated heterocycles. The molecule has 0 saturated carbocycles. The molecule has 0 aliphatic carbocycles. The van der Waals surface area contributed by atoms with Crippen LogP contribution in [0.15, 0.2) is 23.1 Å². The monoisotopic (exact) mass is 349 g/mol. The molecule has 25 heavy (non-hydrogen) atoms. The molecule has 2 heterocycles. The smallest absolute Gasteiger partial charge is 0.350 e. The highest BCUT2D eigenvalue weighted by molar-refractivity contribution is 5.89. The van der Waals surface area contributed by atoms with Crippen LogP contribution in [0.25, 0.3) is 5.65 Å². The number of ether oxygens (including phenoxy) is 2. The topological polar surface area (TPSA) is 91.9 Å². The Morgan fingerprint density at radius 3 is 2.60 bits per heavy atom. The molecule has 0 atom stereocenters. The number of carbonyl (C=O) groups excluding carboxylic acids is 2. The normalized spacial score (nSPS) is 11.5. The summed E-state index contributed by atoms with van der Waals surface area (Å²) in [7, 11) is 0. The second-order valence-corrected chi connectivity index (χ2v) is 6.56. The molecule has 2 aromatic rings. The van der Waals surface area contributed by atoms with Crippen molar-refractivity contribution in [3.05, 3.63) is 34.4 Å². The molecule has 2 rings (SSSR count). The quantitative estimate of drug-likeness (QED) is 0.739. The summed E-state index contributed by atoms with van der Waals surface area (Å²) >= 11 is 0. The van der Waals surface area contributed by atoms with Crippen molar-refractivity contribution in [3.63, 3.8) is 0 Å². The van der Waals surface area contributed by atoms with Gasteiger partial charge < -0.3 is 9.47 Å². The minimum Gasteiger partial charge on any atom is -0.466 e. The van der Waals surface area contributed by atoms with E-state index >= 15 is 0 Å². The Bertz CT molecular complexity index is 829. The Morgan fingerprint density at radius 1 is 1.24 bits per heavy atom. The van der Waals surface area contributed by atoms with Crippen molar-refractivity contribution >= 4 is 17.6 Å². The van der Waals surface area contributed by atoms with Crippen molar-refractivity contribution in [2.45, 2.75) is 52.7 Å². The van der Waals surface area contributed by atoms with Crippen LogP contribution in [-0.2, 0) is 20.8 Å². The zero-order chi connectivity index (χ0) is 18.6. The van der Waals surface area contributed by atoms with E-state index < -0.39 is 11.6 Å². The highest BCUT2D eigenvalue weighted by atomic mass is 16.6. The number of fused-ring (bicyclic) bond motifs is 1. The predicted octanol–water partition coefficient (Wildman–Crippen LogP) is 1.79. The van der Waals surface area contributed by atoms with Gasteiger partial charge in [-0.25, -0.2) is 18.7 Å². The number of hydrogen-bond donors (Lipinski definition) is 0. The van der Waals surface area contributed by atoms with Gasteiger partial charge in [-0.15, -0.1) is 5.10 Å². The molecule has 0 N–H and O–H groups in total. The first-order valence-corrected chi connectivity index (χ1v) is 8.19. The van der Waals surface area contributed by atoms with Gasteiger partial charge >= 0.3 is 17.6 Å². The van der Waals surface area contributed by atoms with Gasteiger partial charge in [0.25, 0.3) is 0 Å². The van der Waals surface area contributed by atoms with E-state index in [-0.39, 0.29) is 23.6 Å². The van der Waals surface area contributed by atoms with Gasteiger partial charge in [0.2, 0.25) is 0 Å². The fourth-order valence-electron chi connectivity index (χ4n) is 2.23. The van der Waals surface area contributed by atoms with Crippen LogP contribution in [0.1, 0.15) is 50.9 Å². The van der Waals surface area contributed by atoms with E-state index in [4.69, 9.17) is 9.47 Å². The molecular weight excluding hydrogens is 326 g/mol. The Kier molecular flexibility index (Phi) is 5.61. The summed E-state index contributed by atoms with van der Waals surface area (Å²) in [5.41, 5.74) is -0.290. The van der Waals surface area contributed by atoms with E-state index in [1.165, 1.54) is 15.3 Å². The Morgan fingerprint density at radius 2 is 1.96 bits per heavy atom. The molecule has 0 fully saturated rings. The highest BCUT2D eigenvalue weighted by Gasteiger charge is 2.19. The van der Waals surface area contributed by atoms with E-state index in [2.05, 4.69) is 5.10 Å². The van der Waals surface area contributed by atoms with E-state index in [9.17, 15) is 14.4 Å². The number of pyridine rings is 1. The van der Waals surface area contributed by atoms with Crippen LogP contribution in [0.5, 0.6) is 0 Å². The molecule has 0 bridgehead atoms. The first kappa shape index (κ1) is 18.7. The van der Waals surface area contributed by atoms with Gasteiger partial charge in [0.05, 0.1) is 12.2 Å². The maximum Gasteiger partial charge on any atom is 0.350 e. The summed E-state index contributed by atoms with van der Waals surface area (Å²) in [4.78, 5) is 35.8. The van der Waals surface area contributed by atoms with Gasteiger partial charge in [-0.3, -0.25) is 4.79 Å². The number of aryl methyl sites for hydroxylation is 1. The maximum absolute atomic E-state index is 12.4. The van der Waals surface area contributed by atoms with Crippen LogP contribution >= 0.6 is 0 Å². The first-order chi connectivity index (χ1) is 11.7. The minimum absolute atomic E-state index is 0.220. The maximum atomic E-state index is 12.4. The SMILES string of the molecule is CCOC(=O)CCCn1nc2ccc(C(=O)OC(C)(C)C)cn2c1=O. The Balaban J connectivity index is 2.15. The largest absolute Gasteiger partial charge is 0.466 e. The number of aromatic nitrogens is 3. The molecular formula is C17H23N3O5. The molecule has 0 amide bonds. The summed E-state index contributed by atoms with van der Waals surface area (Å²) < 4.78 is 12.7. The molecule has 0 aliphatic heterocycles. The lowest BCUT2D eigenvalue weighted by Gasteiger charge is -2.19. The van der Waals surface area contributed by atoms with E-state index in [1.807, 2.05) is 0 Å². The molecule has 136 valence electrons. The molecule has 0 spiro atoms. The summed E-state index contributed by atoms with van der Waals surface area (Å²) in [5.74, 6) is -0.803. The summed E-state index contributed by atoms with van der Waals surface area (Å²) in [5, 5.41) is 4.19. The second-order valence-electron chi connectivity index (χ2n) is 6.56. The third-order valence-electron chi connectivity index (χ3n) is 3.27. The molecule has 0 unspecified atom stereocenters. The number of rotatable bonds is 6. The fraction of sp³-hybridized carbons (Fsp3) is 0.529. The van der Waals surface area contributed by atoms with Crippen molar-refractivity contribution in [2.24, 2.45) is 0 Å². The zero-order valence-corrected chi connectivity index (χ0v) is 14.9. The zero-order valence-electron chi connectivity index (χ0n) is 14.9. The standard InChI is InChI=1S/C17H23N3O5/c1-5-24-14(21)7-6-10-20-16(23)19-11-12(8-9-13(19)18-20)15(22)25-17(2,3)4/h8-9,11H,5-7,10H2,1-4H3. The molecule has 8 heteroatoms. The molecule has 8 nitrogen and oxygen atoms in total. The van der Waals surface area contributed by atoms with Crippen molar-refractivity contribution in [3.8, 4) is 0 Å². The lowest BCUT2D eigenvalue weighted by molar-refractivity contribution is -0.143. The summed E-state index contributed by atoms with van der Waals surface area (Å²) in [6.45, 7) is 7.69. The fourth-order valence-corrected chi connectivity index (χ4v) is 2.23. The Hall–Kier alpha value is -2.64. The van der Waals surface area contributed by atoms with Crippen LogP contribution in [0, 0.1) is 0 Å². The number of carbonyl (C=O) groups is 2. The van der Waals surface area contributed by atoms with E-state index in [1.54, 1.807) is 39.8 Å². The number of hydrogen-bond acceptors (Lipinski definition) is 6. The second kappa shape index (κ2) is 7.50. The highest BCUT2D eigenvalue weighted by Crippen LogP contribution is 2.12. The van der Waals surface area contributed by atoms with Crippen molar-refractivity contribution in [2.75, 3.05) is 6.61 Å². The number of esters is 2. The third kappa shape index (κ3) is 4.91. The van der Waals surface area contributed by atoms with Crippen LogP contribution in [-0.4, -0.2) is 38.3 Å². The summed E-state index contributed by atoms with van der Waals surface area (Å²) in [6, 6.07) is 3.15. The van der Waals surface area contributed by atoms with Crippen molar-refractivity contribution < 1.29 is 19.1 Å². The molecule has 0 radical (unpaired) electrons. The van der Waals surface area contributed by atoms with Crippen molar-refractivity contribution in [1.82, 2.24) is 14.2 Å². The summed E-state index contributed by atoms with van der Waals surface area (Å²) in [6.07, 6.45) is 2.08.